The molecule has 2 aromatic rings. The van der Waals surface area contributed by atoms with Gasteiger partial charge in [-0.3, -0.25) is 0 Å². The van der Waals surface area contributed by atoms with Crippen LogP contribution >= 0.6 is 0 Å². The lowest BCUT2D eigenvalue weighted by Crippen LogP contribution is -2.00. The number of aryl methyl sites for hydroxylation is 3. The molecule has 0 fully saturated rings. The Kier molecular flexibility index (Phi) is 4.23. The van der Waals surface area contributed by atoms with Gasteiger partial charge in [0.2, 0.25) is 0 Å². The molecule has 1 aromatic carbocycles. The van der Waals surface area contributed by atoms with E-state index in [-0.39, 0.29) is 0 Å². The minimum atomic E-state index is 0.677. The van der Waals surface area contributed by atoms with Crippen LogP contribution in [0.25, 0.3) is 11.3 Å². The van der Waals surface area contributed by atoms with E-state index in [1.807, 2.05) is 27.0 Å². The van der Waals surface area contributed by atoms with E-state index in [9.17, 15) is 0 Å². The SMILES string of the molecule is CCOc1cc(C)c(-c2cc(NC)nc(C)n2)cc1C. The van der Waals surface area contributed by atoms with Gasteiger partial charge in [-0.05, 0) is 51.0 Å². The molecule has 4 heteroatoms. The Morgan fingerprint density at radius 2 is 1.80 bits per heavy atom. The monoisotopic (exact) mass is 271 g/mol. The third-order valence-corrected chi connectivity index (χ3v) is 3.19. The van der Waals surface area contributed by atoms with Gasteiger partial charge in [0.25, 0.3) is 0 Å². The summed E-state index contributed by atoms with van der Waals surface area (Å²) in [6.45, 7) is 8.71. The second-order valence-electron chi connectivity index (χ2n) is 4.80. The average Bonchev–Trinajstić information content (AvgIpc) is 2.42. The van der Waals surface area contributed by atoms with Gasteiger partial charge in [0.1, 0.15) is 17.4 Å². The fraction of sp³-hybridized carbons (Fsp3) is 0.375. The molecule has 0 spiro atoms. The van der Waals surface area contributed by atoms with Crippen molar-refractivity contribution in [3.63, 3.8) is 0 Å². The Morgan fingerprint density at radius 3 is 2.45 bits per heavy atom. The molecule has 0 radical (unpaired) electrons. The van der Waals surface area contributed by atoms with Crippen molar-refractivity contribution >= 4 is 5.82 Å². The first-order valence-corrected chi connectivity index (χ1v) is 6.83. The lowest BCUT2D eigenvalue weighted by atomic mass is 10.0. The molecule has 106 valence electrons. The van der Waals surface area contributed by atoms with Crippen LogP contribution in [0.4, 0.5) is 5.82 Å². The number of anilines is 1. The van der Waals surface area contributed by atoms with Gasteiger partial charge in [-0.15, -0.1) is 0 Å². The highest BCUT2D eigenvalue weighted by Crippen LogP contribution is 2.30. The highest BCUT2D eigenvalue weighted by Gasteiger charge is 2.10. The van der Waals surface area contributed by atoms with Crippen molar-refractivity contribution in [1.82, 2.24) is 9.97 Å². The molecule has 1 heterocycles. The number of benzene rings is 1. The van der Waals surface area contributed by atoms with Crippen LogP contribution in [0, 0.1) is 20.8 Å². The predicted octanol–water partition coefficient (Wildman–Crippen LogP) is 3.51. The Bertz CT molecular complexity index is 623. The van der Waals surface area contributed by atoms with E-state index in [4.69, 9.17) is 4.74 Å². The van der Waals surface area contributed by atoms with E-state index in [2.05, 4.69) is 41.3 Å². The first-order chi connectivity index (χ1) is 9.55. The van der Waals surface area contributed by atoms with Crippen LogP contribution < -0.4 is 10.1 Å². The molecular formula is C16H21N3O. The van der Waals surface area contributed by atoms with Crippen LogP contribution in [-0.4, -0.2) is 23.6 Å². The smallest absolute Gasteiger partial charge is 0.130 e. The number of hydrogen-bond acceptors (Lipinski definition) is 4. The van der Waals surface area contributed by atoms with Crippen molar-refractivity contribution in [2.24, 2.45) is 0 Å². The maximum absolute atomic E-state index is 5.63. The van der Waals surface area contributed by atoms with Gasteiger partial charge in [-0.2, -0.15) is 0 Å². The molecule has 20 heavy (non-hydrogen) atoms. The van der Waals surface area contributed by atoms with E-state index in [1.165, 1.54) is 0 Å². The summed E-state index contributed by atoms with van der Waals surface area (Å²) in [6, 6.07) is 6.17. The fourth-order valence-electron chi connectivity index (χ4n) is 2.21. The Balaban J connectivity index is 2.52. The highest BCUT2D eigenvalue weighted by atomic mass is 16.5. The lowest BCUT2D eigenvalue weighted by molar-refractivity contribution is 0.337. The molecule has 0 amide bonds. The molecule has 0 saturated heterocycles. The summed E-state index contributed by atoms with van der Waals surface area (Å²) < 4.78 is 5.63. The van der Waals surface area contributed by atoms with Gasteiger partial charge >= 0.3 is 0 Å². The highest BCUT2D eigenvalue weighted by molar-refractivity contribution is 5.68. The molecule has 4 nitrogen and oxygen atoms in total. The van der Waals surface area contributed by atoms with Crippen LogP contribution in [0.15, 0.2) is 18.2 Å². The maximum atomic E-state index is 5.63. The Hall–Kier alpha value is -2.10. The second-order valence-corrected chi connectivity index (χ2v) is 4.80. The summed E-state index contributed by atoms with van der Waals surface area (Å²) in [7, 11) is 1.86. The molecule has 1 N–H and O–H groups in total. The molecule has 0 atom stereocenters. The van der Waals surface area contributed by atoms with E-state index in [0.717, 1.165) is 39.8 Å². The van der Waals surface area contributed by atoms with E-state index >= 15 is 0 Å². The molecule has 0 aliphatic heterocycles. The van der Waals surface area contributed by atoms with Crippen molar-refractivity contribution in [3.05, 3.63) is 35.2 Å². The summed E-state index contributed by atoms with van der Waals surface area (Å²) in [5, 5.41) is 3.07. The second kappa shape index (κ2) is 5.90. The van der Waals surface area contributed by atoms with Crippen molar-refractivity contribution in [2.45, 2.75) is 27.7 Å². The largest absolute Gasteiger partial charge is 0.494 e. The maximum Gasteiger partial charge on any atom is 0.130 e. The van der Waals surface area contributed by atoms with Crippen LogP contribution in [0.5, 0.6) is 5.75 Å². The number of hydrogen-bond donors (Lipinski definition) is 1. The number of nitrogens with zero attached hydrogens (tertiary/aromatic N) is 2. The minimum Gasteiger partial charge on any atom is -0.494 e. The number of ether oxygens (including phenoxy) is 1. The quantitative estimate of drug-likeness (QED) is 0.924. The molecular weight excluding hydrogens is 250 g/mol. The molecule has 0 unspecified atom stereocenters. The van der Waals surface area contributed by atoms with Crippen molar-refractivity contribution in [3.8, 4) is 17.0 Å². The fourth-order valence-corrected chi connectivity index (χ4v) is 2.21. The Morgan fingerprint density at radius 1 is 1.05 bits per heavy atom. The predicted molar refractivity (Wildman–Crippen MR) is 82.4 cm³/mol. The minimum absolute atomic E-state index is 0.677. The average molecular weight is 271 g/mol. The lowest BCUT2D eigenvalue weighted by Gasteiger charge is -2.13. The third kappa shape index (κ3) is 2.90. The van der Waals surface area contributed by atoms with Crippen molar-refractivity contribution in [1.29, 1.82) is 0 Å². The number of aromatic nitrogens is 2. The van der Waals surface area contributed by atoms with E-state index in [0.29, 0.717) is 6.61 Å². The van der Waals surface area contributed by atoms with Gasteiger partial charge in [0.05, 0.1) is 12.3 Å². The summed E-state index contributed by atoms with van der Waals surface area (Å²) in [6.07, 6.45) is 0. The first kappa shape index (κ1) is 14.3. The van der Waals surface area contributed by atoms with Crippen LogP contribution in [-0.2, 0) is 0 Å². The zero-order chi connectivity index (χ0) is 14.7. The Labute approximate surface area is 120 Å². The topological polar surface area (TPSA) is 47.0 Å². The number of rotatable bonds is 4. The summed E-state index contributed by atoms with van der Waals surface area (Å²) in [4.78, 5) is 8.87. The summed E-state index contributed by atoms with van der Waals surface area (Å²) in [5.74, 6) is 2.53. The van der Waals surface area contributed by atoms with Gasteiger partial charge in [-0.25, -0.2) is 9.97 Å². The molecule has 0 aliphatic carbocycles. The first-order valence-electron chi connectivity index (χ1n) is 6.83. The van der Waals surface area contributed by atoms with Crippen molar-refractivity contribution in [2.75, 3.05) is 19.0 Å². The molecule has 0 bridgehead atoms. The van der Waals surface area contributed by atoms with Crippen molar-refractivity contribution < 1.29 is 4.74 Å². The normalized spacial score (nSPS) is 10.4. The van der Waals surface area contributed by atoms with Gasteiger partial charge in [-0.1, -0.05) is 0 Å². The summed E-state index contributed by atoms with van der Waals surface area (Å²) in [5.41, 5.74) is 4.33. The van der Waals surface area contributed by atoms with Crippen LogP contribution in [0.2, 0.25) is 0 Å². The number of nitrogens with one attached hydrogen (secondary N) is 1. The van der Waals surface area contributed by atoms with E-state index in [1.54, 1.807) is 0 Å². The molecule has 1 aromatic heterocycles. The van der Waals surface area contributed by atoms with E-state index < -0.39 is 0 Å². The molecule has 0 aliphatic rings. The summed E-state index contributed by atoms with van der Waals surface area (Å²) >= 11 is 0. The standard InChI is InChI=1S/C16H21N3O/c1-6-20-15-8-10(2)13(7-11(15)3)14-9-16(17-5)19-12(4)18-14/h7-9H,6H2,1-5H3,(H,17,18,19). The van der Waals surface area contributed by atoms with Gasteiger partial charge < -0.3 is 10.1 Å². The van der Waals surface area contributed by atoms with Gasteiger partial charge in [0, 0.05) is 18.7 Å². The van der Waals surface area contributed by atoms with Crippen LogP contribution in [0.3, 0.4) is 0 Å². The molecule has 0 saturated carbocycles. The van der Waals surface area contributed by atoms with Crippen LogP contribution in [0.1, 0.15) is 23.9 Å². The van der Waals surface area contributed by atoms with Gasteiger partial charge in [0.15, 0.2) is 0 Å². The third-order valence-electron chi connectivity index (χ3n) is 3.19. The zero-order valence-electron chi connectivity index (χ0n) is 12.7. The zero-order valence-corrected chi connectivity index (χ0v) is 12.7. The molecule has 2 rings (SSSR count).